The third kappa shape index (κ3) is 6.43. The molecule has 0 atom stereocenters. The Bertz CT molecular complexity index is 1380. The Kier molecular flexibility index (Phi) is 9.00. The first-order valence-corrected chi connectivity index (χ1v) is 12.7. The van der Waals surface area contributed by atoms with Crippen molar-refractivity contribution >= 4 is 33.2 Å². The van der Waals surface area contributed by atoms with Crippen LogP contribution in [-0.4, -0.2) is 42.2 Å². The van der Waals surface area contributed by atoms with Crippen LogP contribution in [0.4, 0.5) is 18.9 Å². The minimum absolute atomic E-state index is 0.0783. The number of halogens is 4. The van der Waals surface area contributed by atoms with Gasteiger partial charge < -0.3 is 19.5 Å². The number of benzene rings is 3. The number of hydrogen-bond acceptors (Lipinski definition) is 6. The molecule has 0 fully saturated rings. The average molecular weight is 573 g/mol. The fourth-order valence-electron chi connectivity index (χ4n) is 3.52. The number of ether oxygens (including phenoxy) is 3. The zero-order valence-corrected chi connectivity index (χ0v) is 22.1. The minimum atomic E-state index is -4.77. The van der Waals surface area contributed by atoms with Gasteiger partial charge in [0.1, 0.15) is 6.54 Å². The predicted molar refractivity (Wildman–Crippen MR) is 135 cm³/mol. The number of sulfonamides is 1. The molecular formula is C25H24ClF3N2O6S. The molecule has 0 bridgehead atoms. The molecule has 3 rings (SSSR count). The second-order valence-corrected chi connectivity index (χ2v) is 10.1. The topological polar surface area (TPSA) is 94.2 Å². The molecule has 3 aromatic rings. The van der Waals surface area contributed by atoms with Crippen molar-refractivity contribution in [3.05, 3.63) is 76.8 Å². The van der Waals surface area contributed by atoms with Gasteiger partial charge >= 0.3 is 6.18 Å². The number of methoxy groups -OCH3 is 3. The molecule has 38 heavy (non-hydrogen) atoms. The highest BCUT2D eigenvalue weighted by Gasteiger charge is 2.34. The molecule has 0 heterocycles. The summed E-state index contributed by atoms with van der Waals surface area (Å²) in [4.78, 5) is 12.7. The molecule has 0 radical (unpaired) electrons. The number of rotatable bonds is 10. The molecule has 8 nitrogen and oxygen atoms in total. The van der Waals surface area contributed by atoms with Crippen molar-refractivity contribution in [2.45, 2.75) is 17.6 Å². The van der Waals surface area contributed by atoms with Crippen LogP contribution in [0, 0.1) is 0 Å². The molecule has 204 valence electrons. The first-order valence-electron chi connectivity index (χ1n) is 10.9. The first-order chi connectivity index (χ1) is 17.9. The zero-order valence-electron chi connectivity index (χ0n) is 20.5. The third-order valence-electron chi connectivity index (χ3n) is 5.37. The molecule has 0 unspecified atom stereocenters. The minimum Gasteiger partial charge on any atom is -0.493 e. The van der Waals surface area contributed by atoms with Crippen molar-refractivity contribution in [3.63, 3.8) is 0 Å². The van der Waals surface area contributed by atoms with Crippen LogP contribution in [0.2, 0.25) is 5.02 Å². The number of alkyl halides is 3. The van der Waals surface area contributed by atoms with E-state index in [0.29, 0.717) is 33.2 Å². The van der Waals surface area contributed by atoms with Crippen molar-refractivity contribution < 1.29 is 40.6 Å². The van der Waals surface area contributed by atoms with E-state index >= 15 is 0 Å². The molecule has 0 aromatic heterocycles. The molecule has 0 aliphatic carbocycles. The van der Waals surface area contributed by atoms with Gasteiger partial charge in [-0.3, -0.25) is 9.10 Å². The lowest BCUT2D eigenvalue weighted by molar-refractivity contribution is -0.137. The van der Waals surface area contributed by atoms with E-state index in [1.54, 1.807) is 18.2 Å². The van der Waals surface area contributed by atoms with Gasteiger partial charge in [-0.2, -0.15) is 13.2 Å². The smallest absolute Gasteiger partial charge is 0.416 e. The Hall–Kier alpha value is -3.64. The summed E-state index contributed by atoms with van der Waals surface area (Å²) in [5.41, 5.74) is -1.08. The highest BCUT2D eigenvalue weighted by atomic mass is 35.5. The standard InChI is InChI=1S/C25H24ClF3N2O6S/c1-35-21-11-16(12-22(36-2)24(21)37-3)14-30-23(32)15-31(38(33,34)18-7-5-4-6-8-18)20-13-17(25(27,28)29)9-10-19(20)26/h4-13H,14-15H2,1-3H3,(H,30,32). The van der Waals surface area contributed by atoms with E-state index in [0.717, 1.165) is 12.1 Å². The molecular weight excluding hydrogens is 549 g/mol. The lowest BCUT2D eigenvalue weighted by atomic mass is 10.1. The van der Waals surface area contributed by atoms with E-state index in [4.69, 9.17) is 25.8 Å². The van der Waals surface area contributed by atoms with E-state index in [2.05, 4.69) is 5.32 Å². The summed E-state index contributed by atoms with van der Waals surface area (Å²) < 4.78 is 83.5. The Morgan fingerprint density at radius 1 is 0.947 bits per heavy atom. The van der Waals surface area contributed by atoms with Gasteiger partial charge in [0.25, 0.3) is 10.0 Å². The summed E-state index contributed by atoms with van der Waals surface area (Å²) in [5, 5.41) is 2.28. The fourth-order valence-corrected chi connectivity index (χ4v) is 5.25. The fraction of sp³-hybridized carbons (Fsp3) is 0.240. The number of amides is 1. The average Bonchev–Trinajstić information content (AvgIpc) is 2.90. The number of anilines is 1. The zero-order chi connectivity index (χ0) is 28.1. The monoisotopic (exact) mass is 572 g/mol. The highest BCUT2D eigenvalue weighted by Crippen LogP contribution is 2.39. The molecule has 0 aliphatic heterocycles. The van der Waals surface area contributed by atoms with Gasteiger partial charge in [0.05, 0.1) is 42.5 Å². The first kappa shape index (κ1) is 28.9. The van der Waals surface area contributed by atoms with Crippen LogP contribution in [0.15, 0.2) is 65.6 Å². The van der Waals surface area contributed by atoms with Gasteiger partial charge in [-0.25, -0.2) is 8.42 Å². The van der Waals surface area contributed by atoms with Gasteiger partial charge in [-0.15, -0.1) is 0 Å². The van der Waals surface area contributed by atoms with Crippen LogP contribution in [0.1, 0.15) is 11.1 Å². The summed E-state index contributed by atoms with van der Waals surface area (Å²) >= 11 is 6.14. The molecule has 3 aromatic carbocycles. The van der Waals surface area contributed by atoms with Crippen LogP contribution in [0.3, 0.4) is 0 Å². The molecule has 13 heteroatoms. The van der Waals surface area contributed by atoms with Gasteiger partial charge in [0, 0.05) is 6.54 Å². The number of carbonyl (C=O) groups is 1. The van der Waals surface area contributed by atoms with Crippen molar-refractivity contribution in [2.24, 2.45) is 0 Å². The molecule has 0 aliphatic rings. The van der Waals surface area contributed by atoms with E-state index in [-0.39, 0.29) is 16.5 Å². The summed E-state index contributed by atoms with van der Waals surface area (Å²) in [6, 6.07) is 12.4. The van der Waals surface area contributed by atoms with Crippen LogP contribution in [-0.2, 0) is 27.5 Å². The summed E-state index contributed by atoms with van der Waals surface area (Å²) in [6.45, 7) is -0.923. The van der Waals surface area contributed by atoms with Gasteiger partial charge in [0.15, 0.2) is 11.5 Å². The van der Waals surface area contributed by atoms with Crippen LogP contribution in [0.5, 0.6) is 17.2 Å². The Morgan fingerprint density at radius 2 is 1.55 bits per heavy atom. The van der Waals surface area contributed by atoms with E-state index < -0.39 is 39.9 Å². The lowest BCUT2D eigenvalue weighted by Gasteiger charge is -2.26. The number of carbonyl (C=O) groups excluding carboxylic acids is 1. The van der Waals surface area contributed by atoms with E-state index in [1.807, 2.05) is 0 Å². The second kappa shape index (κ2) is 11.8. The normalized spacial score (nSPS) is 11.6. The summed E-state index contributed by atoms with van der Waals surface area (Å²) in [7, 11) is -0.207. The molecule has 0 saturated heterocycles. The Morgan fingerprint density at radius 3 is 2.08 bits per heavy atom. The number of nitrogens with zero attached hydrogens (tertiary/aromatic N) is 1. The maximum atomic E-state index is 13.5. The van der Waals surface area contributed by atoms with Crippen LogP contribution >= 0.6 is 11.6 Å². The summed E-state index contributed by atoms with van der Waals surface area (Å²) in [6.07, 6.45) is -4.77. The molecule has 0 spiro atoms. The van der Waals surface area contributed by atoms with Crippen LogP contribution < -0.4 is 23.8 Å². The molecule has 1 N–H and O–H groups in total. The predicted octanol–water partition coefficient (Wildman–Crippen LogP) is 4.90. The second-order valence-electron chi connectivity index (χ2n) is 7.80. The van der Waals surface area contributed by atoms with Gasteiger partial charge in [0.2, 0.25) is 11.7 Å². The SMILES string of the molecule is COc1cc(CNC(=O)CN(c2cc(C(F)(F)F)ccc2Cl)S(=O)(=O)c2ccccc2)cc(OC)c1OC. The van der Waals surface area contributed by atoms with Gasteiger partial charge in [-0.05, 0) is 48.0 Å². The largest absolute Gasteiger partial charge is 0.493 e. The lowest BCUT2D eigenvalue weighted by Crippen LogP contribution is -2.41. The molecule has 1 amide bonds. The van der Waals surface area contributed by atoms with Crippen molar-refractivity contribution in [1.82, 2.24) is 5.32 Å². The van der Waals surface area contributed by atoms with Gasteiger partial charge in [-0.1, -0.05) is 29.8 Å². The summed E-state index contributed by atoms with van der Waals surface area (Å²) in [5.74, 6) is 0.205. The maximum Gasteiger partial charge on any atom is 0.416 e. The van der Waals surface area contributed by atoms with E-state index in [1.165, 1.54) is 45.6 Å². The van der Waals surface area contributed by atoms with Crippen LogP contribution in [0.25, 0.3) is 0 Å². The van der Waals surface area contributed by atoms with Crippen molar-refractivity contribution in [1.29, 1.82) is 0 Å². The van der Waals surface area contributed by atoms with Crippen molar-refractivity contribution in [3.8, 4) is 17.2 Å². The Labute approximate surface area is 222 Å². The van der Waals surface area contributed by atoms with Crippen molar-refractivity contribution in [2.75, 3.05) is 32.2 Å². The third-order valence-corrected chi connectivity index (χ3v) is 7.47. The number of hydrogen-bond donors (Lipinski definition) is 1. The molecule has 0 saturated carbocycles. The highest BCUT2D eigenvalue weighted by molar-refractivity contribution is 7.92. The number of nitrogens with one attached hydrogen (secondary N) is 1. The maximum absolute atomic E-state index is 13.5. The van der Waals surface area contributed by atoms with E-state index in [9.17, 15) is 26.4 Å². The Balaban J connectivity index is 1.95. The quantitative estimate of drug-likeness (QED) is 0.372.